The van der Waals surface area contributed by atoms with E-state index in [1.54, 1.807) is 7.11 Å². The van der Waals surface area contributed by atoms with Gasteiger partial charge in [-0.2, -0.15) is 0 Å². The Kier molecular flexibility index (Phi) is 4.61. The third-order valence-electron chi connectivity index (χ3n) is 3.91. The summed E-state index contributed by atoms with van der Waals surface area (Å²) in [4.78, 5) is 2.56. The fourth-order valence-corrected chi connectivity index (χ4v) is 2.90. The molecule has 1 aliphatic rings. The van der Waals surface area contributed by atoms with Gasteiger partial charge < -0.3 is 10.1 Å². The third kappa shape index (κ3) is 3.56. The number of piperazine rings is 1. The molecule has 3 heteroatoms. The maximum atomic E-state index is 5.35. The minimum Gasteiger partial charge on any atom is -0.383 e. The molecule has 2 rings (SSSR count). The number of benzene rings is 1. The fourth-order valence-electron chi connectivity index (χ4n) is 2.90. The largest absolute Gasteiger partial charge is 0.383 e. The lowest BCUT2D eigenvalue weighted by atomic mass is 9.93. The van der Waals surface area contributed by atoms with E-state index in [1.807, 2.05) is 0 Å². The molecule has 0 aromatic heterocycles. The van der Waals surface area contributed by atoms with Crippen molar-refractivity contribution in [1.82, 2.24) is 10.2 Å². The Morgan fingerprint density at radius 2 is 2.05 bits per heavy atom. The molecule has 1 fully saturated rings. The van der Waals surface area contributed by atoms with E-state index in [0.29, 0.717) is 12.1 Å². The SMILES string of the molecule is COCC(C)N1CC(C)(C)NCC1c1ccccc1. The monoisotopic (exact) mass is 262 g/mol. The van der Waals surface area contributed by atoms with Gasteiger partial charge in [-0.15, -0.1) is 0 Å². The lowest BCUT2D eigenvalue weighted by molar-refractivity contribution is 0.0228. The highest BCUT2D eigenvalue weighted by Gasteiger charge is 2.35. The Hall–Kier alpha value is -0.900. The number of ether oxygens (including phenoxy) is 1. The van der Waals surface area contributed by atoms with Gasteiger partial charge in [0.25, 0.3) is 0 Å². The number of hydrogen-bond donors (Lipinski definition) is 1. The summed E-state index contributed by atoms with van der Waals surface area (Å²) in [7, 11) is 1.78. The van der Waals surface area contributed by atoms with Crippen LogP contribution in [0.2, 0.25) is 0 Å². The van der Waals surface area contributed by atoms with Crippen LogP contribution in [-0.4, -0.2) is 43.3 Å². The topological polar surface area (TPSA) is 24.5 Å². The number of methoxy groups -OCH3 is 1. The van der Waals surface area contributed by atoms with Crippen molar-refractivity contribution < 1.29 is 4.74 Å². The van der Waals surface area contributed by atoms with Crippen LogP contribution in [-0.2, 0) is 4.74 Å². The Labute approximate surface area is 116 Å². The van der Waals surface area contributed by atoms with E-state index in [9.17, 15) is 0 Å². The number of nitrogens with zero attached hydrogens (tertiary/aromatic N) is 1. The van der Waals surface area contributed by atoms with Crippen LogP contribution in [0, 0.1) is 0 Å². The second-order valence-corrected chi connectivity index (χ2v) is 6.17. The molecule has 19 heavy (non-hydrogen) atoms. The second kappa shape index (κ2) is 6.04. The summed E-state index contributed by atoms with van der Waals surface area (Å²) >= 11 is 0. The van der Waals surface area contributed by atoms with Crippen LogP contribution in [0.5, 0.6) is 0 Å². The number of nitrogens with one attached hydrogen (secondary N) is 1. The van der Waals surface area contributed by atoms with Gasteiger partial charge in [0.1, 0.15) is 0 Å². The van der Waals surface area contributed by atoms with Crippen LogP contribution < -0.4 is 5.32 Å². The van der Waals surface area contributed by atoms with Crippen LogP contribution >= 0.6 is 0 Å². The predicted octanol–water partition coefficient (Wildman–Crippen LogP) is 2.45. The summed E-state index contributed by atoms with van der Waals surface area (Å²) in [5, 5.41) is 3.65. The Balaban J connectivity index is 2.20. The van der Waals surface area contributed by atoms with E-state index in [0.717, 1.165) is 19.7 Å². The molecule has 1 N–H and O–H groups in total. The zero-order valence-electron chi connectivity index (χ0n) is 12.5. The fraction of sp³-hybridized carbons (Fsp3) is 0.625. The number of rotatable bonds is 4. The molecule has 0 radical (unpaired) electrons. The molecule has 0 amide bonds. The van der Waals surface area contributed by atoms with Crippen LogP contribution in [0.4, 0.5) is 0 Å². The molecule has 1 aromatic rings. The maximum absolute atomic E-state index is 5.35. The van der Waals surface area contributed by atoms with E-state index >= 15 is 0 Å². The van der Waals surface area contributed by atoms with Gasteiger partial charge in [0.15, 0.2) is 0 Å². The summed E-state index contributed by atoms with van der Waals surface area (Å²) in [6, 6.07) is 11.6. The highest BCUT2D eigenvalue weighted by molar-refractivity contribution is 5.21. The van der Waals surface area contributed by atoms with Crippen LogP contribution in [0.1, 0.15) is 32.4 Å². The molecule has 106 valence electrons. The smallest absolute Gasteiger partial charge is 0.0615 e. The standard InChI is InChI=1S/C16H26N2O/c1-13(11-19-4)18-12-16(2,3)17-10-15(18)14-8-6-5-7-9-14/h5-9,13,15,17H,10-12H2,1-4H3. The van der Waals surface area contributed by atoms with Crippen molar-refractivity contribution in [2.75, 3.05) is 26.8 Å². The summed E-state index contributed by atoms with van der Waals surface area (Å²) in [5.74, 6) is 0. The zero-order chi connectivity index (χ0) is 13.9. The molecule has 3 nitrogen and oxygen atoms in total. The van der Waals surface area contributed by atoms with E-state index in [-0.39, 0.29) is 5.54 Å². The van der Waals surface area contributed by atoms with Gasteiger partial charge in [-0.1, -0.05) is 30.3 Å². The minimum atomic E-state index is 0.160. The van der Waals surface area contributed by atoms with Crippen molar-refractivity contribution in [3.05, 3.63) is 35.9 Å². The Morgan fingerprint density at radius 3 is 2.68 bits per heavy atom. The van der Waals surface area contributed by atoms with Gasteiger partial charge in [-0.25, -0.2) is 0 Å². The first-order chi connectivity index (χ1) is 9.03. The van der Waals surface area contributed by atoms with E-state index in [1.165, 1.54) is 5.56 Å². The number of hydrogen-bond acceptors (Lipinski definition) is 3. The minimum absolute atomic E-state index is 0.160. The van der Waals surface area contributed by atoms with Gasteiger partial charge in [0.05, 0.1) is 6.61 Å². The molecule has 0 aliphatic carbocycles. The highest BCUT2D eigenvalue weighted by Crippen LogP contribution is 2.28. The van der Waals surface area contributed by atoms with Crippen LogP contribution in [0.15, 0.2) is 30.3 Å². The average molecular weight is 262 g/mol. The molecular formula is C16H26N2O. The van der Waals surface area contributed by atoms with Crippen molar-refractivity contribution in [2.24, 2.45) is 0 Å². The van der Waals surface area contributed by atoms with Crippen molar-refractivity contribution >= 4 is 0 Å². The third-order valence-corrected chi connectivity index (χ3v) is 3.91. The summed E-state index contributed by atoms with van der Waals surface area (Å²) in [6.45, 7) is 9.59. The van der Waals surface area contributed by atoms with Crippen molar-refractivity contribution in [3.63, 3.8) is 0 Å². The second-order valence-electron chi connectivity index (χ2n) is 6.17. The summed E-state index contributed by atoms with van der Waals surface area (Å²) in [6.07, 6.45) is 0. The van der Waals surface area contributed by atoms with Gasteiger partial charge >= 0.3 is 0 Å². The summed E-state index contributed by atoms with van der Waals surface area (Å²) < 4.78 is 5.35. The molecule has 0 bridgehead atoms. The van der Waals surface area contributed by atoms with E-state index in [4.69, 9.17) is 4.74 Å². The van der Waals surface area contributed by atoms with Crippen LogP contribution in [0.25, 0.3) is 0 Å². The van der Waals surface area contributed by atoms with Crippen molar-refractivity contribution in [1.29, 1.82) is 0 Å². The van der Waals surface area contributed by atoms with Crippen molar-refractivity contribution in [3.8, 4) is 0 Å². The summed E-state index contributed by atoms with van der Waals surface area (Å²) in [5.41, 5.74) is 1.54. The van der Waals surface area contributed by atoms with Gasteiger partial charge in [-0.3, -0.25) is 4.90 Å². The normalized spacial score (nSPS) is 25.2. The maximum Gasteiger partial charge on any atom is 0.0615 e. The lowest BCUT2D eigenvalue weighted by Crippen LogP contribution is -2.60. The molecule has 1 aromatic carbocycles. The molecule has 0 saturated carbocycles. The molecule has 2 unspecified atom stereocenters. The first-order valence-corrected chi connectivity index (χ1v) is 7.08. The molecule has 2 atom stereocenters. The zero-order valence-corrected chi connectivity index (χ0v) is 12.5. The molecule has 0 spiro atoms. The molecular weight excluding hydrogens is 236 g/mol. The Morgan fingerprint density at radius 1 is 1.37 bits per heavy atom. The van der Waals surface area contributed by atoms with E-state index < -0.39 is 0 Å². The van der Waals surface area contributed by atoms with E-state index in [2.05, 4.69) is 61.3 Å². The highest BCUT2D eigenvalue weighted by atomic mass is 16.5. The van der Waals surface area contributed by atoms with Gasteiger partial charge in [-0.05, 0) is 26.3 Å². The first-order valence-electron chi connectivity index (χ1n) is 7.08. The van der Waals surface area contributed by atoms with Crippen molar-refractivity contribution in [2.45, 2.75) is 38.4 Å². The lowest BCUT2D eigenvalue weighted by Gasteiger charge is -2.47. The molecule has 1 aliphatic heterocycles. The average Bonchev–Trinajstić information content (AvgIpc) is 2.39. The molecule has 1 saturated heterocycles. The van der Waals surface area contributed by atoms with Crippen LogP contribution in [0.3, 0.4) is 0 Å². The van der Waals surface area contributed by atoms with Gasteiger partial charge in [0, 0.05) is 37.8 Å². The Bertz CT molecular complexity index is 391. The van der Waals surface area contributed by atoms with Gasteiger partial charge in [0.2, 0.25) is 0 Å². The molecule has 1 heterocycles. The predicted molar refractivity (Wildman–Crippen MR) is 79.3 cm³/mol. The first kappa shape index (κ1) is 14.5. The quantitative estimate of drug-likeness (QED) is 0.902.